The molecule has 1 aromatic heterocycles. The number of fused-ring (bicyclic) bond motifs is 1. The summed E-state index contributed by atoms with van der Waals surface area (Å²) in [7, 11) is 0. The van der Waals surface area contributed by atoms with Crippen molar-refractivity contribution in [3.63, 3.8) is 0 Å². The van der Waals surface area contributed by atoms with Crippen LogP contribution in [-0.4, -0.2) is 11.6 Å². The molecule has 0 saturated heterocycles. The number of aryl methyl sites for hydroxylation is 1. The van der Waals surface area contributed by atoms with Crippen molar-refractivity contribution in [1.82, 2.24) is 4.98 Å². The summed E-state index contributed by atoms with van der Waals surface area (Å²) in [6, 6.07) is 16.9. The van der Waals surface area contributed by atoms with Gasteiger partial charge < -0.3 is 4.74 Å². The fraction of sp³-hybridized carbons (Fsp3) is 0.292. The highest BCUT2D eigenvalue weighted by molar-refractivity contribution is 5.92. The van der Waals surface area contributed by atoms with Crippen LogP contribution in [0.3, 0.4) is 0 Å². The molecule has 1 heterocycles. The molecule has 2 heteroatoms. The molecule has 0 radical (unpaired) electrons. The number of hydrogen-bond acceptors (Lipinski definition) is 2. The second-order valence-electron chi connectivity index (χ2n) is 6.69. The third-order valence-corrected chi connectivity index (χ3v) is 4.59. The summed E-state index contributed by atoms with van der Waals surface area (Å²) >= 11 is 0. The second-order valence-corrected chi connectivity index (χ2v) is 6.69. The highest BCUT2D eigenvalue weighted by Gasteiger charge is 2.02. The van der Waals surface area contributed by atoms with E-state index in [9.17, 15) is 0 Å². The molecule has 0 amide bonds. The lowest BCUT2D eigenvalue weighted by molar-refractivity contribution is 0.302. The van der Waals surface area contributed by atoms with Crippen molar-refractivity contribution in [2.75, 3.05) is 6.61 Å². The van der Waals surface area contributed by atoms with Crippen molar-refractivity contribution < 1.29 is 4.74 Å². The number of pyridine rings is 1. The minimum atomic E-state index is 0.775. The van der Waals surface area contributed by atoms with E-state index in [4.69, 9.17) is 4.74 Å². The summed E-state index contributed by atoms with van der Waals surface area (Å²) in [5.41, 5.74) is 3.21. The van der Waals surface area contributed by atoms with Gasteiger partial charge in [-0.2, -0.15) is 0 Å². The predicted molar refractivity (Wildman–Crippen MR) is 111 cm³/mol. The first-order chi connectivity index (χ1) is 12.8. The first-order valence-corrected chi connectivity index (χ1v) is 9.53. The number of nitrogens with zero attached hydrogens (tertiary/aromatic N) is 1. The van der Waals surface area contributed by atoms with Gasteiger partial charge in [0.2, 0.25) is 0 Å². The first-order valence-electron chi connectivity index (χ1n) is 9.53. The average molecular weight is 345 g/mol. The summed E-state index contributed by atoms with van der Waals surface area (Å²) in [5, 5.41) is 2.51. The van der Waals surface area contributed by atoms with E-state index in [0.717, 1.165) is 30.0 Å². The van der Waals surface area contributed by atoms with Crippen LogP contribution in [0.5, 0.6) is 5.75 Å². The monoisotopic (exact) mass is 345 g/mol. The molecule has 2 nitrogen and oxygen atoms in total. The summed E-state index contributed by atoms with van der Waals surface area (Å²) in [6.07, 6.45) is 10.9. The Morgan fingerprint density at radius 2 is 1.81 bits per heavy atom. The van der Waals surface area contributed by atoms with Crippen LogP contribution >= 0.6 is 0 Å². The maximum Gasteiger partial charge on any atom is 0.125 e. The molecule has 0 saturated carbocycles. The fourth-order valence-corrected chi connectivity index (χ4v) is 3.05. The van der Waals surface area contributed by atoms with Crippen LogP contribution in [0.1, 0.15) is 49.4 Å². The Balaban J connectivity index is 1.73. The van der Waals surface area contributed by atoms with Crippen LogP contribution in [0.15, 0.2) is 54.7 Å². The largest absolute Gasteiger partial charge is 0.493 e. The summed E-state index contributed by atoms with van der Waals surface area (Å²) < 4.78 is 5.97. The molecule has 0 spiro atoms. The Labute approximate surface area is 156 Å². The lowest BCUT2D eigenvalue weighted by Gasteiger charge is -2.09. The number of benzene rings is 2. The Morgan fingerprint density at radius 3 is 2.69 bits per heavy atom. The molecule has 134 valence electrons. The van der Waals surface area contributed by atoms with Crippen LogP contribution < -0.4 is 4.74 Å². The predicted octanol–water partition coefficient (Wildman–Crippen LogP) is 6.67. The van der Waals surface area contributed by atoms with E-state index < -0.39 is 0 Å². The molecule has 26 heavy (non-hydrogen) atoms. The van der Waals surface area contributed by atoms with E-state index in [1.807, 2.05) is 19.2 Å². The number of aromatic nitrogens is 1. The molecule has 0 aliphatic rings. The standard InChI is InChI=1S/C24H27NO/c1-3-4-5-8-16-26-24-17-22(25-18-19(24)2)15-14-21-12-9-11-20-10-6-7-13-23(20)21/h6-7,9-15,17-18H,3-5,8,16H2,1-2H3. The van der Waals surface area contributed by atoms with Gasteiger partial charge in [0.05, 0.1) is 12.3 Å². The Morgan fingerprint density at radius 1 is 0.962 bits per heavy atom. The van der Waals surface area contributed by atoms with Gasteiger partial charge >= 0.3 is 0 Å². The number of rotatable bonds is 8. The summed E-state index contributed by atoms with van der Waals surface area (Å²) in [5.74, 6) is 0.939. The molecule has 2 aromatic carbocycles. The highest BCUT2D eigenvalue weighted by atomic mass is 16.5. The van der Waals surface area contributed by atoms with Gasteiger partial charge in [0.15, 0.2) is 0 Å². The minimum Gasteiger partial charge on any atom is -0.493 e. The number of ether oxygens (including phenoxy) is 1. The van der Waals surface area contributed by atoms with Crippen LogP contribution in [0.25, 0.3) is 22.9 Å². The minimum absolute atomic E-state index is 0.775. The molecule has 0 atom stereocenters. The zero-order valence-corrected chi connectivity index (χ0v) is 15.7. The zero-order valence-electron chi connectivity index (χ0n) is 15.7. The Hall–Kier alpha value is -2.61. The van der Waals surface area contributed by atoms with E-state index in [1.54, 1.807) is 0 Å². The smallest absolute Gasteiger partial charge is 0.125 e. The molecular weight excluding hydrogens is 318 g/mol. The fourth-order valence-electron chi connectivity index (χ4n) is 3.05. The van der Waals surface area contributed by atoms with E-state index >= 15 is 0 Å². The van der Waals surface area contributed by atoms with Gasteiger partial charge in [-0.15, -0.1) is 0 Å². The average Bonchev–Trinajstić information content (AvgIpc) is 2.68. The van der Waals surface area contributed by atoms with Crippen molar-refractivity contribution in [1.29, 1.82) is 0 Å². The molecule has 0 unspecified atom stereocenters. The number of unbranched alkanes of at least 4 members (excludes halogenated alkanes) is 3. The van der Waals surface area contributed by atoms with E-state index in [0.29, 0.717) is 0 Å². The Kier molecular flexibility index (Phi) is 6.43. The van der Waals surface area contributed by atoms with Gasteiger partial charge in [-0.25, -0.2) is 0 Å². The van der Waals surface area contributed by atoms with Crippen molar-refractivity contribution in [3.8, 4) is 5.75 Å². The molecule has 0 aliphatic heterocycles. The third kappa shape index (κ3) is 4.72. The van der Waals surface area contributed by atoms with Gasteiger partial charge in [0, 0.05) is 17.8 Å². The SMILES string of the molecule is CCCCCCOc1cc(C=Cc2cccc3ccccc23)ncc1C. The van der Waals surface area contributed by atoms with Crippen molar-refractivity contribution in [2.24, 2.45) is 0 Å². The van der Waals surface area contributed by atoms with Crippen LogP contribution in [-0.2, 0) is 0 Å². The third-order valence-electron chi connectivity index (χ3n) is 4.59. The van der Waals surface area contributed by atoms with Gasteiger partial charge in [0.1, 0.15) is 5.75 Å². The quantitative estimate of drug-likeness (QED) is 0.425. The molecule has 0 fully saturated rings. The summed E-state index contributed by atoms with van der Waals surface area (Å²) in [4.78, 5) is 4.52. The molecule has 3 rings (SSSR count). The van der Waals surface area contributed by atoms with Gasteiger partial charge in [-0.3, -0.25) is 4.98 Å². The maximum atomic E-state index is 5.97. The van der Waals surface area contributed by atoms with E-state index in [2.05, 4.69) is 66.5 Å². The van der Waals surface area contributed by atoms with E-state index in [-0.39, 0.29) is 0 Å². The second kappa shape index (κ2) is 9.19. The maximum absolute atomic E-state index is 5.97. The first kappa shape index (κ1) is 18.2. The molecule has 0 aliphatic carbocycles. The zero-order chi connectivity index (χ0) is 18.2. The van der Waals surface area contributed by atoms with Crippen LogP contribution in [0, 0.1) is 6.92 Å². The topological polar surface area (TPSA) is 22.1 Å². The van der Waals surface area contributed by atoms with E-state index in [1.165, 1.54) is 35.6 Å². The van der Waals surface area contributed by atoms with Crippen molar-refractivity contribution in [3.05, 3.63) is 71.5 Å². The summed E-state index contributed by atoms with van der Waals surface area (Å²) in [6.45, 7) is 5.05. The van der Waals surface area contributed by atoms with Crippen molar-refractivity contribution in [2.45, 2.75) is 39.5 Å². The van der Waals surface area contributed by atoms with Crippen LogP contribution in [0.4, 0.5) is 0 Å². The highest BCUT2D eigenvalue weighted by Crippen LogP contribution is 2.22. The van der Waals surface area contributed by atoms with Gasteiger partial charge in [-0.1, -0.05) is 74.7 Å². The van der Waals surface area contributed by atoms with Crippen molar-refractivity contribution >= 4 is 22.9 Å². The molecule has 0 N–H and O–H groups in total. The molecular formula is C24H27NO. The van der Waals surface area contributed by atoms with Gasteiger partial charge in [-0.05, 0) is 35.8 Å². The lowest BCUT2D eigenvalue weighted by atomic mass is 10.0. The molecule has 3 aromatic rings. The normalized spacial score (nSPS) is 11.3. The lowest BCUT2D eigenvalue weighted by Crippen LogP contribution is -2.00. The van der Waals surface area contributed by atoms with Gasteiger partial charge in [0.25, 0.3) is 0 Å². The number of hydrogen-bond donors (Lipinski definition) is 0. The Bertz CT molecular complexity index is 877. The van der Waals surface area contributed by atoms with Crippen LogP contribution in [0.2, 0.25) is 0 Å². The molecule has 0 bridgehead atoms.